The molecule has 28 heavy (non-hydrogen) atoms. The van der Waals surface area contributed by atoms with Gasteiger partial charge in [0.1, 0.15) is 0 Å². The van der Waals surface area contributed by atoms with Crippen molar-refractivity contribution in [1.29, 1.82) is 0 Å². The smallest absolute Gasteiger partial charge is 0.262 e. The van der Waals surface area contributed by atoms with Crippen LogP contribution in [0.3, 0.4) is 0 Å². The lowest BCUT2D eigenvalue weighted by Crippen LogP contribution is -2.31. The minimum Gasteiger partial charge on any atom is -0.270 e. The van der Waals surface area contributed by atoms with E-state index >= 15 is 0 Å². The van der Waals surface area contributed by atoms with E-state index in [2.05, 4.69) is 0 Å². The van der Waals surface area contributed by atoms with E-state index in [0.717, 1.165) is 16.7 Å². The molecule has 0 unspecified atom stereocenters. The van der Waals surface area contributed by atoms with E-state index < -0.39 is 0 Å². The topological polar surface area (TPSA) is 37.4 Å². The van der Waals surface area contributed by atoms with Crippen LogP contribution in [0.5, 0.6) is 0 Å². The first-order valence-electron chi connectivity index (χ1n) is 9.18. The van der Waals surface area contributed by atoms with Gasteiger partial charge in [-0.3, -0.25) is 14.5 Å². The van der Waals surface area contributed by atoms with Crippen LogP contribution in [0.15, 0.2) is 97.1 Å². The van der Waals surface area contributed by atoms with Gasteiger partial charge in [-0.1, -0.05) is 103 Å². The standard InChI is InChI=1S/C25H19NO2/c27-24-22(20-14-6-2-7-15-20)23(21-16-8-3-9-17-21)25(28)26(24)18-10-13-19-11-4-1-5-12-19/h1-17H,18H2/b13-10+. The van der Waals surface area contributed by atoms with Gasteiger partial charge in [0.25, 0.3) is 11.8 Å². The number of imide groups is 1. The molecule has 0 atom stereocenters. The summed E-state index contributed by atoms with van der Waals surface area (Å²) in [5.41, 5.74) is 3.47. The molecule has 3 aromatic carbocycles. The minimum atomic E-state index is -0.257. The number of nitrogens with zero attached hydrogens (tertiary/aromatic N) is 1. The third-order valence-electron chi connectivity index (χ3n) is 4.69. The average molecular weight is 365 g/mol. The van der Waals surface area contributed by atoms with Crippen LogP contribution in [0.25, 0.3) is 17.2 Å². The van der Waals surface area contributed by atoms with Crippen molar-refractivity contribution >= 4 is 29.0 Å². The first-order chi connectivity index (χ1) is 13.8. The summed E-state index contributed by atoms with van der Waals surface area (Å²) in [6, 6.07) is 28.6. The van der Waals surface area contributed by atoms with Crippen LogP contribution in [-0.2, 0) is 9.59 Å². The molecule has 1 aliphatic rings. The normalized spacial score (nSPS) is 14.4. The number of hydrogen-bond acceptors (Lipinski definition) is 2. The van der Waals surface area contributed by atoms with Crippen LogP contribution in [0.1, 0.15) is 16.7 Å². The minimum absolute atomic E-state index is 0.235. The number of benzene rings is 3. The number of hydrogen-bond donors (Lipinski definition) is 0. The van der Waals surface area contributed by atoms with Crippen molar-refractivity contribution in [1.82, 2.24) is 4.90 Å². The maximum absolute atomic E-state index is 13.2. The second-order valence-corrected chi connectivity index (χ2v) is 6.52. The van der Waals surface area contributed by atoms with E-state index in [9.17, 15) is 9.59 Å². The van der Waals surface area contributed by atoms with E-state index in [4.69, 9.17) is 0 Å². The molecule has 0 aromatic heterocycles. The SMILES string of the molecule is O=C1C(c2ccccc2)=C(c2ccccc2)C(=O)N1C/C=C/c1ccccc1. The maximum atomic E-state index is 13.2. The van der Waals surface area contributed by atoms with Crippen molar-refractivity contribution < 1.29 is 9.59 Å². The van der Waals surface area contributed by atoms with Crippen LogP contribution >= 0.6 is 0 Å². The van der Waals surface area contributed by atoms with Crippen LogP contribution in [0, 0.1) is 0 Å². The Bertz CT molecular complexity index is 990. The molecule has 3 heteroatoms. The Labute approximate surface area is 164 Å². The molecule has 0 saturated heterocycles. The van der Waals surface area contributed by atoms with Crippen molar-refractivity contribution in [3.63, 3.8) is 0 Å². The summed E-state index contributed by atoms with van der Waals surface area (Å²) in [6.45, 7) is 0.235. The monoisotopic (exact) mass is 365 g/mol. The van der Waals surface area contributed by atoms with Gasteiger partial charge in [0.2, 0.25) is 0 Å². The molecule has 1 aliphatic heterocycles. The molecule has 0 aliphatic carbocycles. The molecular formula is C25H19NO2. The lowest BCUT2D eigenvalue weighted by molar-refractivity contribution is -0.135. The first-order valence-corrected chi connectivity index (χ1v) is 9.18. The fourth-order valence-corrected chi connectivity index (χ4v) is 3.35. The predicted octanol–water partition coefficient (Wildman–Crippen LogP) is 4.68. The van der Waals surface area contributed by atoms with Crippen LogP contribution in [-0.4, -0.2) is 23.3 Å². The van der Waals surface area contributed by atoms with Gasteiger partial charge in [-0.15, -0.1) is 0 Å². The second kappa shape index (κ2) is 7.89. The lowest BCUT2D eigenvalue weighted by Gasteiger charge is -2.12. The number of rotatable bonds is 5. The van der Waals surface area contributed by atoms with Crippen molar-refractivity contribution in [2.45, 2.75) is 0 Å². The van der Waals surface area contributed by atoms with Gasteiger partial charge >= 0.3 is 0 Å². The van der Waals surface area contributed by atoms with E-state index in [-0.39, 0.29) is 18.4 Å². The Morgan fingerprint density at radius 3 is 1.50 bits per heavy atom. The Morgan fingerprint density at radius 1 is 0.607 bits per heavy atom. The first kappa shape index (κ1) is 17.7. The molecule has 4 rings (SSSR count). The highest BCUT2D eigenvalue weighted by Gasteiger charge is 2.38. The average Bonchev–Trinajstić information content (AvgIpc) is 3.00. The van der Waals surface area contributed by atoms with E-state index in [1.54, 1.807) is 0 Å². The summed E-state index contributed by atoms with van der Waals surface area (Å²) in [5.74, 6) is -0.513. The largest absolute Gasteiger partial charge is 0.270 e. The third kappa shape index (κ3) is 3.42. The summed E-state index contributed by atoms with van der Waals surface area (Å²) in [4.78, 5) is 27.6. The molecule has 3 aromatic rings. The third-order valence-corrected chi connectivity index (χ3v) is 4.69. The molecule has 1 heterocycles. The van der Waals surface area contributed by atoms with Crippen LogP contribution in [0.2, 0.25) is 0 Å². The fraction of sp³-hybridized carbons (Fsp3) is 0.0400. The van der Waals surface area contributed by atoms with Crippen molar-refractivity contribution in [2.75, 3.05) is 6.54 Å². The molecule has 0 fully saturated rings. The molecule has 3 nitrogen and oxygen atoms in total. The Hall–Kier alpha value is -3.72. The molecule has 0 radical (unpaired) electrons. The zero-order valence-electron chi connectivity index (χ0n) is 15.3. The zero-order valence-corrected chi connectivity index (χ0v) is 15.3. The van der Waals surface area contributed by atoms with Gasteiger partial charge in [0.15, 0.2) is 0 Å². The fourth-order valence-electron chi connectivity index (χ4n) is 3.35. The summed E-state index contributed by atoms with van der Waals surface area (Å²) < 4.78 is 0. The number of carbonyl (C=O) groups is 2. The molecule has 2 amide bonds. The Morgan fingerprint density at radius 2 is 1.04 bits per heavy atom. The molecular weight excluding hydrogens is 346 g/mol. The van der Waals surface area contributed by atoms with Gasteiger partial charge in [-0.05, 0) is 16.7 Å². The van der Waals surface area contributed by atoms with E-state index in [0.29, 0.717) is 11.1 Å². The number of amides is 2. The molecule has 0 bridgehead atoms. The second-order valence-electron chi connectivity index (χ2n) is 6.52. The van der Waals surface area contributed by atoms with Crippen LogP contribution < -0.4 is 0 Å². The molecule has 0 spiro atoms. The maximum Gasteiger partial charge on any atom is 0.262 e. The highest BCUT2D eigenvalue weighted by molar-refractivity contribution is 6.49. The number of carbonyl (C=O) groups excluding carboxylic acids is 2. The Balaban J connectivity index is 1.69. The van der Waals surface area contributed by atoms with Gasteiger partial charge in [0, 0.05) is 6.54 Å². The van der Waals surface area contributed by atoms with Gasteiger partial charge < -0.3 is 0 Å². The summed E-state index contributed by atoms with van der Waals surface area (Å²) in [7, 11) is 0. The molecule has 0 saturated carbocycles. The molecule has 136 valence electrons. The summed E-state index contributed by atoms with van der Waals surface area (Å²) >= 11 is 0. The van der Waals surface area contributed by atoms with Crippen molar-refractivity contribution in [3.8, 4) is 0 Å². The van der Waals surface area contributed by atoms with Gasteiger partial charge in [-0.2, -0.15) is 0 Å². The lowest BCUT2D eigenvalue weighted by atomic mass is 9.96. The van der Waals surface area contributed by atoms with Crippen molar-refractivity contribution in [2.24, 2.45) is 0 Å². The highest BCUT2D eigenvalue weighted by atomic mass is 16.2. The van der Waals surface area contributed by atoms with E-state index in [1.165, 1.54) is 4.90 Å². The predicted molar refractivity (Wildman–Crippen MR) is 112 cm³/mol. The quantitative estimate of drug-likeness (QED) is 0.616. The summed E-state index contributed by atoms with van der Waals surface area (Å²) in [6.07, 6.45) is 3.77. The molecule has 0 N–H and O–H groups in total. The van der Waals surface area contributed by atoms with Crippen LogP contribution in [0.4, 0.5) is 0 Å². The van der Waals surface area contributed by atoms with Crippen molar-refractivity contribution in [3.05, 3.63) is 114 Å². The summed E-state index contributed by atoms with van der Waals surface area (Å²) in [5, 5.41) is 0. The van der Waals surface area contributed by atoms with Gasteiger partial charge in [0.05, 0.1) is 11.1 Å². The highest BCUT2D eigenvalue weighted by Crippen LogP contribution is 2.35. The van der Waals surface area contributed by atoms with E-state index in [1.807, 2.05) is 103 Å². The Kier molecular flexibility index (Phi) is 4.98. The zero-order chi connectivity index (χ0) is 19.3. The van der Waals surface area contributed by atoms with Gasteiger partial charge in [-0.25, -0.2) is 0 Å².